The van der Waals surface area contributed by atoms with Crippen LogP contribution in [0.4, 0.5) is 4.79 Å². The molecule has 0 unspecified atom stereocenters. The van der Waals surface area contributed by atoms with Crippen molar-refractivity contribution in [2.24, 2.45) is 5.10 Å². The molecule has 232 valence electrons. The minimum atomic E-state index is -1.16. The molecular formula is C31H32Cl2N4O7. The van der Waals surface area contributed by atoms with E-state index in [-0.39, 0.29) is 18.8 Å². The summed E-state index contributed by atoms with van der Waals surface area (Å²) in [6.45, 7) is 3.87. The zero-order valence-corrected chi connectivity index (χ0v) is 25.7. The van der Waals surface area contributed by atoms with Crippen LogP contribution in [-0.2, 0) is 16.1 Å². The van der Waals surface area contributed by atoms with Gasteiger partial charge in [0.05, 0.1) is 41.6 Å². The van der Waals surface area contributed by atoms with Gasteiger partial charge in [-0.2, -0.15) is 5.10 Å². The van der Waals surface area contributed by atoms with Crippen molar-refractivity contribution in [1.29, 1.82) is 0 Å². The number of esters is 1. The number of halogens is 2. The molecule has 0 saturated heterocycles. The number of methoxy groups -OCH3 is 1. The number of ether oxygens (including phenoxy) is 4. The maximum absolute atomic E-state index is 12.4. The van der Waals surface area contributed by atoms with Gasteiger partial charge in [-0.1, -0.05) is 47.5 Å². The fourth-order valence-corrected chi connectivity index (χ4v) is 4.64. The number of aliphatic hydroxyl groups is 1. The molecule has 3 aromatic rings. The number of para-hydroxylation sites is 1. The highest BCUT2D eigenvalue weighted by Crippen LogP contribution is 2.35. The number of nitrogens with one attached hydrogen (secondary N) is 3. The van der Waals surface area contributed by atoms with E-state index in [0.717, 1.165) is 5.56 Å². The number of nitrogens with zero attached hydrogens (tertiary/aromatic N) is 1. The van der Waals surface area contributed by atoms with Gasteiger partial charge in [0, 0.05) is 11.3 Å². The summed E-state index contributed by atoms with van der Waals surface area (Å²) < 4.78 is 22.4. The summed E-state index contributed by atoms with van der Waals surface area (Å²) in [7, 11) is 1.27. The van der Waals surface area contributed by atoms with E-state index in [1.807, 2.05) is 31.2 Å². The second-order valence-electron chi connectivity index (χ2n) is 9.49. The molecule has 3 aromatic carbocycles. The number of benzene rings is 3. The van der Waals surface area contributed by atoms with E-state index in [9.17, 15) is 14.7 Å². The van der Waals surface area contributed by atoms with E-state index in [1.54, 1.807) is 43.3 Å². The third kappa shape index (κ3) is 8.34. The first-order valence-corrected chi connectivity index (χ1v) is 14.3. The first-order valence-electron chi connectivity index (χ1n) is 13.6. The van der Waals surface area contributed by atoms with Crippen molar-refractivity contribution >= 4 is 41.4 Å². The van der Waals surface area contributed by atoms with Gasteiger partial charge in [-0.15, -0.1) is 0 Å². The fraction of sp³-hybridized carbons (Fsp3) is 0.258. The van der Waals surface area contributed by atoms with Crippen LogP contribution in [0.1, 0.15) is 36.6 Å². The highest BCUT2D eigenvalue weighted by atomic mass is 35.5. The molecule has 0 bridgehead atoms. The zero-order valence-electron chi connectivity index (χ0n) is 24.2. The van der Waals surface area contributed by atoms with Crippen LogP contribution < -0.4 is 30.3 Å². The maximum Gasteiger partial charge on any atom is 0.337 e. The average molecular weight is 644 g/mol. The lowest BCUT2D eigenvalue weighted by Crippen LogP contribution is -2.45. The standard InChI is InChI=1S/C31H32Cl2N4O7/c1-4-42-26-14-20(29-28(30(39)41-3)18(2)35-31(40)36-29)10-12-25(26)44-17-27(38)37-34-15-21-7-5-6-8-24(21)43-16-19-9-11-22(32)23(33)13-19/h5-15,27,29,37-38H,4,16-17H2,1-3H3,(H2,35,36,40)/b34-15-/t27-,29+/m1/s1. The lowest BCUT2D eigenvalue weighted by molar-refractivity contribution is -0.136. The quantitative estimate of drug-likeness (QED) is 0.0875. The van der Waals surface area contributed by atoms with E-state index >= 15 is 0 Å². The third-order valence-corrected chi connectivity index (χ3v) is 7.14. The lowest BCUT2D eigenvalue weighted by atomic mass is 9.95. The monoisotopic (exact) mass is 642 g/mol. The molecule has 0 spiro atoms. The number of rotatable bonds is 13. The molecule has 0 aromatic heterocycles. The molecule has 0 aliphatic carbocycles. The Labute approximate surface area is 264 Å². The maximum atomic E-state index is 12.4. The van der Waals surface area contributed by atoms with Crippen LogP contribution in [0.3, 0.4) is 0 Å². The first-order chi connectivity index (χ1) is 21.2. The highest BCUT2D eigenvalue weighted by Gasteiger charge is 2.32. The summed E-state index contributed by atoms with van der Waals surface area (Å²) in [6.07, 6.45) is 0.361. The molecular weight excluding hydrogens is 611 g/mol. The number of aliphatic hydroxyl groups excluding tert-OH is 1. The van der Waals surface area contributed by atoms with Crippen molar-refractivity contribution < 1.29 is 33.6 Å². The van der Waals surface area contributed by atoms with Gasteiger partial charge in [0.15, 0.2) is 17.7 Å². The van der Waals surface area contributed by atoms with Crippen LogP contribution >= 0.6 is 23.2 Å². The number of carbonyl (C=O) groups excluding carboxylic acids is 2. The summed E-state index contributed by atoms with van der Waals surface area (Å²) in [5.41, 5.74) is 5.40. The molecule has 1 heterocycles. The van der Waals surface area contributed by atoms with Gasteiger partial charge in [-0.25, -0.2) is 9.59 Å². The van der Waals surface area contributed by atoms with Crippen LogP contribution in [0.2, 0.25) is 10.0 Å². The Hall–Kier alpha value is -4.45. The molecule has 44 heavy (non-hydrogen) atoms. The SMILES string of the molecule is CCOc1cc([C@@H]2NC(=O)NC(C)=C2C(=O)OC)ccc1OC[C@@H](O)N/N=C\c1ccccc1OCc1ccc(Cl)c(Cl)c1. The van der Waals surface area contributed by atoms with Gasteiger partial charge in [-0.05, 0) is 61.4 Å². The molecule has 13 heteroatoms. The molecule has 4 rings (SSSR count). The molecule has 11 nitrogen and oxygen atoms in total. The minimum Gasteiger partial charge on any atom is -0.490 e. The minimum absolute atomic E-state index is 0.164. The van der Waals surface area contributed by atoms with Crippen molar-refractivity contribution in [3.05, 3.63) is 98.7 Å². The summed E-state index contributed by atoms with van der Waals surface area (Å²) in [4.78, 5) is 24.6. The predicted octanol–water partition coefficient (Wildman–Crippen LogP) is 5.09. The fourth-order valence-electron chi connectivity index (χ4n) is 4.32. The average Bonchev–Trinajstić information content (AvgIpc) is 3.01. The Morgan fingerprint density at radius 3 is 2.59 bits per heavy atom. The van der Waals surface area contributed by atoms with Gasteiger partial charge >= 0.3 is 12.0 Å². The third-order valence-electron chi connectivity index (χ3n) is 6.40. The van der Waals surface area contributed by atoms with E-state index < -0.39 is 24.3 Å². The number of hydrogen-bond donors (Lipinski definition) is 4. The van der Waals surface area contributed by atoms with Gasteiger partial charge in [0.1, 0.15) is 19.0 Å². The summed E-state index contributed by atoms with van der Waals surface area (Å²) in [5.74, 6) is 0.723. The number of allylic oxidation sites excluding steroid dienone is 1. The van der Waals surface area contributed by atoms with Gasteiger partial charge in [0.25, 0.3) is 0 Å². The van der Waals surface area contributed by atoms with Gasteiger partial charge < -0.3 is 34.7 Å². The zero-order chi connectivity index (χ0) is 31.6. The smallest absolute Gasteiger partial charge is 0.337 e. The molecule has 1 aliphatic heterocycles. The Kier molecular flexibility index (Phi) is 11.3. The van der Waals surface area contributed by atoms with Crippen molar-refractivity contribution in [3.8, 4) is 17.2 Å². The summed E-state index contributed by atoms with van der Waals surface area (Å²) in [6, 6.07) is 16.4. The van der Waals surface area contributed by atoms with Crippen molar-refractivity contribution in [1.82, 2.24) is 16.1 Å². The molecule has 4 N–H and O–H groups in total. The first kappa shape index (κ1) is 32.5. The number of carbonyl (C=O) groups is 2. The normalized spacial score (nSPS) is 15.3. The molecule has 0 radical (unpaired) electrons. The van der Waals surface area contributed by atoms with Crippen molar-refractivity contribution in [2.45, 2.75) is 32.7 Å². The van der Waals surface area contributed by atoms with Gasteiger partial charge in [-0.3, -0.25) is 5.43 Å². The van der Waals surface area contributed by atoms with Crippen LogP contribution in [0.15, 0.2) is 77.0 Å². The number of hydrazone groups is 1. The van der Waals surface area contributed by atoms with Crippen LogP contribution in [0.25, 0.3) is 0 Å². The van der Waals surface area contributed by atoms with E-state index in [2.05, 4.69) is 21.2 Å². The second-order valence-corrected chi connectivity index (χ2v) is 10.3. The number of urea groups is 1. The molecule has 1 aliphatic rings. The Balaban J connectivity index is 1.38. The summed E-state index contributed by atoms with van der Waals surface area (Å²) >= 11 is 12.1. The van der Waals surface area contributed by atoms with Crippen LogP contribution in [-0.4, -0.2) is 49.9 Å². The topological polar surface area (TPSA) is 140 Å². The summed E-state index contributed by atoms with van der Waals surface area (Å²) in [5, 5.41) is 20.8. The largest absolute Gasteiger partial charge is 0.490 e. The van der Waals surface area contributed by atoms with E-state index in [0.29, 0.717) is 50.7 Å². The number of hydrogen-bond acceptors (Lipinski definition) is 9. The molecule has 0 fully saturated rings. The second kappa shape index (κ2) is 15.3. The van der Waals surface area contributed by atoms with E-state index in [1.165, 1.54) is 13.3 Å². The van der Waals surface area contributed by atoms with Crippen LogP contribution in [0, 0.1) is 0 Å². The number of amides is 2. The molecule has 2 atom stereocenters. The predicted molar refractivity (Wildman–Crippen MR) is 166 cm³/mol. The van der Waals surface area contributed by atoms with E-state index in [4.69, 9.17) is 42.1 Å². The van der Waals surface area contributed by atoms with Crippen LogP contribution in [0.5, 0.6) is 17.2 Å². The molecule has 2 amide bonds. The van der Waals surface area contributed by atoms with Gasteiger partial charge in [0.2, 0.25) is 0 Å². The highest BCUT2D eigenvalue weighted by molar-refractivity contribution is 6.42. The lowest BCUT2D eigenvalue weighted by Gasteiger charge is -2.28. The van der Waals surface area contributed by atoms with Crippen molar-refractivity contribution in [2.75, 3.05) is 20.3 Å². The van der Waals surface area contributed by atoms with Crippen molar-refractivity contribution in [3.63, 3.8) is 0 Å². The Bertz CT molecular complexity index is 1560. The molecule has 0 saturated carbocycles. The Morgan fingerprint density at radius 2 is 1.84 bits per heavy atom. The Morgan fingerprint density at radius 1 is 1.05 bits per heavy atom.